The van der Waals surface area contributed by atoms with E-state index in [1.54, 1.807) is 25.3 Å². The smallest absolute Gasteiger partial charge is 0.254 e. The van der Waals surface area contributed by atoms with Gasteiger partial charge in [0.25, 0.3) is 5.91 Å². The molecule has 1 aliphatic heterocycles. The summed E-state index contributed by atoms with van der Waals surface area (Å²) in [7, 11) is -3.70. The molecule has 41 heavy (non-hydrogen) atoms. The molecule has 2 aromatic carbocycles. The lowest BCUT2D eigenvalue weighted by Crippen LogP contribution is -2.48. The van der Waals surface area contributed by atoms with E-state index < -0.39 is 32.0 Å². The van der Waals surface area contributed by atoms with Crippen LogP contribution in [0.3, 0.4) is 0 Å². The van der Waals surface area contributed by atoms with E-state index in [0.29, 0.717) is 44.7 Å². The molecule has 12 heteroatoms. The average Bonchev–Trinajstić information content (AvgIpc) is 3.33. The number of aromatic hydroxyl groups is 3. The van der Waals surface area contributed by atoms with E-state index in [1.165, 1.54) is 22.3 Å². The molecule has 1 atom stereocenters. The second kappa shape index (κ2) is 11.4. The monoisotopic (exact) mass is 579 g/mol. The summed E-state index contributed by atoms with van der Waals surface area (Å²) < 4.78 is 27.9. The minimum Gasteiger partial charge on any atom is -0.504 e. The number of allylic oxidation sites excluding steroid dienone is 3. The molecule has 1 saturated heterocycles. The molecule has 1 aliphatic carbocycles. The van der Waals surface area contributed by atoms with E-state index in [1.807, 2.05) is 41.3 Å². The Balaban J connectivity index is 1.19. The first-order chi connectivity index (χ1) is 19.6. The number of para-hydroxylation sites is 1. The van der Waals surface area contributed by atoms with E-state index in [0.717, 1.165) is 10.9 Å². The molecule has 2 heterocycles. The van der Waals surface area contributed by atoms with Crippen LogP contribution in [0.2, 0.25) is 0 Å². The number of phenolic OH excluding ortho intramolecular Hbond substituents is 3. The predicted octanol–water partition coefficient (Wildman–Crippen LogP) is 2.48. The van der Waals surface area contributed by atoms with Crippen molar-refractivity contribution in [1.29, 1.82) is 0 Å². The van der Waals surface area contributed by atoms with E-state index >= 15 is 0 Å². The lowest BCUT2D eigenvalue weighted by atomic mass is 10.0. The Kier molecular flexibility index (Phi) is 7.89. The van der Waals surface area contributed by atoms with Crippen LogP contribution in [0.4, 0.5) is 0 Å². The lowest BCUT2D eigenvalue weighted by Gasteiger charge is -2.34. The van der Waals surface area contributed by atoms with Crippen molar-refractivity contribution >= 4 is 33.0 Å². The molecule has 11 nitrogen and oxygen atoms in total. The summed E-state index contributed by atoms with van der Waals surface area (Å²) in [5, 5.41) is 33.6. The zero-order valence-corrected chi connectivity index (χ0v) is 23.5. The predicted molar refractivity (Wildman–Crippen MR) is 156 cm³/mol. The molecule has 1 amide bonds. The Labute approximate surface area is 238 Å². The molecule has 2 aliphatic rings. The van der Waals surface area contributed by atoms with Crippen molar-refractivity contribution in [3.05, 3.63) is 78.0 Å². The summed E-state index contributed by atoms with van der Waals surface area (Å²) in [6.45, 7) is 5.17. The zero-order valence-electron chi connectivity index (χ0n) is 22.6. The second-order valence-corrected chi connectivity index (χ2v) is 12.8. The molecule has 1 fully saturated rings. The Hall–Kier alpha value is -4.13. The third-order valence-corrected chi connectivity index (χ3v) is 9.91. The van der Waals surface area contributed by atoms with E-state index in [9.17, 15) is 28.5 Å². The largest absolute Gasteiger partial charge is 0.504 e. The maximum atomic E-state index is 13.8. The highest BCUT2D eigenvalue weighted by atomic mass is 32.2. The highest BCUT2D eigenvalue weighted by Crippen LogP contribution is 2.36. The second-order valence-electron chi connectivity index (χ2n) is 10.5. The van der Waals surface area contributed by atoms with Crippen molar-refractivity contribution in [2.24, 2.45) is 5.10 Å². The summed E-state index contributed by atoms with van der Waals surface area (Å²) >= 11 is 0. The lowest BCUT2D eigenvalue weighted by molar-refractivity contribution is -0.122. The highest BCUT2D eigenvalue weighted by Gasteiger charge is 2.39. The molecule has 0 bridgehead atoms. The number of amides is 1. The first kappa shape index (κ1) is 28.4. The van der Waals surface area contributed by atoms with Crippen LogP contribution in [-0.2, 0) is 21.4 Å². The van der Waals surface area contributed by atoms with Gasteiger partial charge in [0, 0.05) is 49.9 Å². The van der Waals surface area contributed by atoms with Gasteiger partial charge in [0.15, 0.2) is 11.5 Å². The number of aromatic nitrogens is 1. The van der Waals surface area contributed by atoms with Crippen molar-refractivity contribution < 1.29 is 28.5 Å². The number of piperazine rings is 1. The van der Waals surface area contributed by atoms with Crippen molar-refractivity contribution in [3.8, 4) is 17.2 Å². The highest BCUT2D eigenvalue weighted by molar-refractivity contribution is 7.91. The third-order valence-electron chi connectivity index (χ3n) is 7.61. The SMILES string of the molecule is CC1(S(=O)(=O)n2cc(CN3CCN(CC(=O)N/N=C\c4ccc(O)c(O)c4O)CC3)c3ccccc32)C=CC=CC1. The summed E-state index contributed by atoms with van der Waals surface area (Å²) in [5.41, 5.74) is 4.15. The Morgan fingerprint density at radius 1 is 1.02 bits per heavy atom. The third kappa shape index (κ3) is 5.71. The topological polar surface area (TPSA) is 148 Å². The van der Waals surface area contributed by atoms with Crippen LogP contribution in [-0.4, -0.2) is 87.1 Å². The number of hydrogen-bond acceptors (Lipinski definition) is 9. The standard InChI is InChI=1S/C29H33N5O6S/c1-29(11-5-2-6-12-29)41(39,40)34-19-22(23-7-3-4-8-24(23)34)18-32-13-15-33(16-14-32)20-26(36)31-30-17-21-9-10-25(35)28(38)27(21)37/h2-11,17,19,35,37-38H,12-16,18,20H2,1H3,(H,31,36)/b30-17-. The molecule has 216 valence electrons. The molecular formula is C29H33N5O6S. The van der Waals surface area contributed by atoms with Gasteiger partial charge in [-0.25, -0.2) is 17.8 Å². The molecule has 0 radical (unpaired) electrons. The first-order valence-corrected chi connectivity index (χ1v) is 14.7. The van der Waals surface area contributed by atoms with Gasteiger partial charge in [-0.15, -0.1) is 0 Å². The Morgan fingerprint density at radius 2 is 1.76 bits per heavy atom. The van der Waals surface area contributed by atoms with Crippen LogP contribution >= 0.6 is 0 Å². The number of carbonyl (C=O) groups excluding carboxylic acids is 1. The fourth-order valence-corrected chi connectivity index (χ4v) is 6.80. The maximum Gasteiger partial charge on any atom is 0.254 e. The molecule has 0 saturated carbocycles. The fraction of sp³-hybridized carbons (Fsp3) is 0.310. The number of carbonyl (C=O) groups is 1. The summed E-state index contributed by atoms with van der Waals surface area (Å²) in [4.78, 5) is 16.6. The maximum absolute atomic E-state index is 13.8. The zero-order chi connectivity index (χ0) is 29.2. The van der Waals surface area contributed by atoms with Crippen molar-refractivity contribution in [3.63, 3.8) is 0 Å². The number of fused-ring (bicyclic) bond motifs is 1. The van der Waals surface area contributed by atoms with Crippen LogP contribution < -0.4 is 5.43 Å². The van der Waals surface area contributed by atoms with Crippen LogP contribution in [0.1, 0.15) is 24.5 Å². The van der Waals surface area contributed by atoms with Gasteiger partial charge in [0.2, 0.25) is 15.8 Å². The number of hydrazone groups is 1. The minimum absolute atomic E-state index is 0.135. The number of phenols is 3. The van der Waals surface area contributed by atoms with Crippen LogP contribution in [0.15, 0.2) is 72.0 Å². The summed E-state index contributed by atoms with van der Waals surface area (Å²) in [5.74, 6) is -1.97. The molecule has 3 aromatic rings. The Bertz CT molecular complexity index is 1650. The van der Waals surface area contributed by atoms with Gasteiger partial charge in [-0.3, -0.25) is 14.6 Å². The molecule has 1 unspecified atom stereocenters. The van der Waals surface area contributed by atoms with Crippen LogP contribution in [0.5, 0.6) is 17.2 Å². The number of benzene rings is 2. The molecule has 5 rings (SSSR count). The van der Waals surface area contributed by atoms with Crippen molar-refractivity contribution in [2.75, 3.05) is 32.7 Å². The van der Waals surface area contributed by atoms with E-state index in [4.69, 9.17) is 0 Å². The first-order valence-electron chi connectivity index (χ1n) is 13.3. The van der Waals surface area contributed by atoms with E-state index in [2.05, 4.69) is 15.4 Å². The van der Waals surface area contributed by atoms with Gasteiger partial charge in [-0.2, -0.15) is 5.10 Å². The van der Waals surface area contributed by atoms with Gasteiger partial charge in [0.1, 0.15) is 4.75 Å². The Morgan fingerprint density at radius 3 is 2.49 bits per heavy atom. The molecule has 4 N–H and O–H groups in total. The van der Waals surface area contributed by atoms with Crippen LogP contribution in [0, 0.1) is 0 Å². The molecular weight excluding hydrogens is 546 g/mol. The number of nitrogens with one attached hydrogen (secondary N) is 1. The van der Waals surface area contributed by atoms with E-state index in [-0.39, 0.29) is 18.0 Å². The average molecular weight is 580 g/mol. The van der Waals surface area contributed by atoms with Crippen molar-refractivity contribution in [1.82, 2.24) is 19.2 Å². The van der Waals surface area contributed by atoms with Gasteiger partial charge >= 0.3 is 0 Å². The van der Waals surface area contributed by atoms with Crippen molar-refractivity contribution in [2.45, 2.75) is 24.6 Å². The summed E-state index contributed by atoms with van der Waals surface area (Å²) in [6, 6.07) is 10.1. The molecule has 0 spiro atoms. The quantitative estimate of drug-likeness (QED) is 0.181. The van der Waals surface area contributed by atoms with Gasteiger partial charge < -0.3 is 15.3 Å². The number of nitrogens with zero attached hydrogens (tertiary/aromatic N) is 4. The molecule has 1 aromatic heterocycles. The number of hydrogen-bond donors (Lipinski definition) is 4. The van der Waals surface area contributed by atoms with Gasteiger partial charge in [0.05, 0.1) is 18.3 Å². The normalized spacial score (nSPS) is 20.2. The van der Waals surface area contributed by atoms with Gasteiger partial charge in [-0.05, 0) is 37.1 Å². The number of rotatable bonds is 8. The summed E-state index contributed by atoms with van der Waals surface area (Å²) in [6.07, 6.45) is 10.6. The minimum atomic E-state index is -3.70. The fourth-order valence-electron chi connectivity index (χ4n) is 5.11. The van der Waals surface area contributed by atoms with Gasteiger partial charge in [-0.1, -0.05) is 42.5 Å². The van der Waals surface area contributed by atoms with Crippen LogP contribution in [0.25, 0.3) is 10.9 Å².